The zero-order chi connectivity index (χ0) is 20.8. The van der Waals surface area contributed by atoms with Crippen molar-refractivity contribution in [3.63, 3.8) is 0 Å². The van der Waals surface area contributed by atoms with E-state index in [1.165, 1.54) is 0 Å². The summed E-state index contributed by atoms with van der Waals surface area (Å²) in [5.41, 5.74) is -0.105. The van der Waals surface area contributed by atoms with Crippen LogP contribution in [0.25, 0.3) is 0 Å². The third-order valence-corrected chi connectivity index (χ3v) is 7.65. The number of nitrogens with zero attached hydrogens (tertiary/aromatic N) is 3. The predicted octanol–water partition coefficient (Wildman–Crippen LogP) is 2.66. The minimum Gasteiger partial charge on any atom is -0.342 e. The maximum Gasteiger partial charge on any atom is 0.253 e. The fourth-order valence-corrected chi connectivity index (χ4v) is 5.74. The van der Waals surface area contributed by atoms with E-state index < -0.39 is 5.41 Å². The third kappa shape index (κ3) is 3.12. The summed E-state index contributed by atoms with van der Waals surface area (Å²) in [6, 6.07) is 6.97. The van der Waals surface area contributed by atoms with Crippen molar-refractivity contribution < 1.29 is 14.4 Å². The van der Waals surface area contributed by atoms with Gasteiger partial charge in [0, 0.05) is 62.2 Å². The number of hydrogen-bond donors (Lipinski definition) is 0. The van der Waals surface area contributed by atoms with Gasteiger partial charge < -0.3 is 14.7 Å². The van der Waals surface area contributed by atoms with E-state index in [0.29, 0.717) is 43.3 Å². The molecule has 0 bridgehead atoms. The summed E-state index contributed by atoms with van der Waals surface area (Å²) >= 11 is 5.94. The van der Waals surface area contributed by atoms with Crippen LogP contribution >= 0.6 is 11.6 Å². The second kappa shape index (κ2) is 7.31. The van der Waals surface area contributed by atoms with Crippen molar-refractivity contribution in [1.29, 1.82) is 0 Å². The first-order valence-corrected chi connectivity index (χ1v) is 10.8. The van der Waals surface area contributed by atoms with Crippen LogP contribution in [-0.4, -0.2) is 71.7 Å². The standard InChI is InChI=1S/C22H28ClN3O3/c1-3-24-13-10-22(20(24)29)15-26(16(2)27)14-21(22)8-11-25(12-9-21)19(28)17-4-6-18(23)7-5-17/h4-7H,3,8-15H2,1-2H3/t22-/m1/s1. The quantitative estimate of drug-likeness (QED) is 0.743. The summed E-state index contributed by atoms with van der Waals surface area (Å²) in [6.07, 6.45) is 2.30. The lowest BCUT2D eigenvalue weighted by Gasteiger charge is -2.46. The van der Waals surface area contributed by atoms with Crippen LogP contribution in [0.2, 0.25) is 5.02 Å². The molecule has 3 fully saturated rings. The number of benzene rings is 1. The molecule has 3 aliphatic heterocycles. The van der Waals surface area contributed by atoms with Gasteiger partial charge in [0.25, 0.3) is 5.91 Å². The number of hydrogen-bond acceptors (Lipinski definition) is 3. The van der Waals surface area contributed by atoms with Gasteiger partial charge >= 0.3 is 0 Å². The Kier molecular flexibility index (Phi) is 5.09. The van der Waals surface area contributed by atoms with Crippen molar-refractivity contribution >= 4 is 29.3 Å². The molecule has 6 nitrogen and oxygen atoms in total. The number of rotatable bonds is 2. The van der Waals surface area contributed by atoms with Gasteiger partial charge in [-0.3, -0.25) is 14.4 Å². The molecule has 3 saturated heterocycles. The van der Waals surface area contributed by atoms with E-state index in [0.717, 1.165) is 25.8 Å². The van der Waals surface area contributed by atoms with Gasteiger partial charge in [-0.05, 0) is 50.5 Å². The number of likely N-dealkylation sites (tertiary alicyclic amines) is 3. The zero-order valence-corrected chi connectivity index (χ0v) is 17.9. The van der Waals surface area contributed by atoms with Crippen molar-refractivity contribution in [1.82, 2.24) is 14.7 Å². The Morgan fingerprint density at radius 1 is 1.00 bits per heavy atom. The van der Waals surface area contributed by atoms with Gasteiger partial charge in [-0.15, -0.1) is 0 Å². The smallest absolute Gasteiger partial charge is 0.253 e. The molecule has 1 aromatic rings. The highest BCUT2D eigenvalue weighted by Crippen LogP contribution is 2.57. The minimum absolute atomic E-state index is 0.0000733. The van der Waals surface area contributed by atoms with E-state index in [-0.39, 0.29) is 23.1 Å². The van der Waals surface area contributed by atoms with Crippen LogP contribution in [0.15, 0.2) is 24.3 Å². The summed E-state index contributed by atoms with van der Waals surface area (Å²) in [7, 11) is 0. The highest BCUT2D eigenvalue weighted by atomic mass is 35.5. The molecule has 0 aliphatic carbocycles. The second-order valence-corrected chi connectivity index (χ2v) is 9.11. The third-order valence-electron chi connectivity index (χ3n) is 7.40. The van der Waals surface area contributed by atoms with Crippen LogP contribution < -0.4 is 0 Å². The first kappa shape index (κ1) is 20.2. The molecule has 156 valence electrons. The van der Waals surface area contributed by atoms with E-state index in [1.54, 1.807) is 31.2 Å². The lowest BCUT2D eigenvalue weighted by atomic mass is 9.60. The van der Waals surface area contributed by atoms with E-state index >= 15 is 0 Å². The number of halogens is 1. The van der Waals surface area contributed by atoms with E-state index in [2.05, 4.69) is 0 Å². The molecule has 4 rings (SSSR count). The molecule has 1 atom stereocenters. The van der Waals surface area contributed by atoms with Crippen molar-refractivity contribution in [2.75, 3.05) is 39.3 Å². The van der Waals surface area contributed by atoms with Crippen LogP contribution in [-0.2, 0) is 9.59 Å². The number of carbonyl (C=O) groups is 3. The monoisotopic (exact) mass is 417 g/mol. The first-order chi connectivity index (χ1) is 13.8. The van der Waals surface area contributed by atoms with Crippen LogP contribution in [0.1, 0.15) is 43.5 Å². The Bertz CT molecular complexity index is 832. The van der Waals surface area contributed by atoms with E-state index in [1.807, 2.05) is 21.6 Å². The maximum absolute atomic E-state index is 13.4. The van der Waals surface area contributed by atoms with Gasteiger partial charge in [-0.25, -0.2) is 0 Å². The Balaban J connectivity index is 1.56. The average molecular weight is 418 g/mol. The largest absolute Gasteiger partial charge is 0.342 e. The molecule has 7 heteroatoms. The van der Waals surface area contributed by atoms with E-state index in [4.69, 9.17) is 11.6 Å². The molecule has 2 spiro atoms. The van der Waals surface area contributed by atoms with Gasteiger partial charge in [-0.2, -0.15) is 0 Å². The molecule has 0 radical (unpaired) electrons. The van der Waals surface area contributed by atoms with Crippen LogP contribution in [0.5, 0.6) is 0 Å². The Morgan fingerprint density at radius 3 is 2.21 bits per heavy atom. The number of fused-ring (bicyclic) bond motifs is 1. The predicted molar refractivity (Wildman–Crippen MR) is 111 cm³/mol. The van der Waals surface area contributed by atoms with Crippen molar-refractivity contribution in [3.8, 4) is 0 Å². The number of piperidine rings is 1. The van der Waals surface area contributed by atoms with Crippen molar-refractivity contribution in [3.05, 3.63) is 34.9 Å². The molecular weight excluding hydrogens is 390 g/mol. The Labute approximate surface area is 176 Å². The molecule has 29 heavy (non-hydrogen) atoms. The molecule has 0 unspecified atom stereocenters. The summed E-state index contributed by atoms with van der Waals surface area (Å²) in [5.74, 6) is 0.227. The highest BCUT2D eigenvalue weighted by molar-refractivity contribution is 6.30. The zero-order valence-electron chi connectivity index (χ0n) is 17.1. The van der Waals surface area contributed by atoms with Gasteiger partial charge in [-0.1, -0.05) is 11.6 Å². The fourth-order valence-electron chi connectivity index (χ4n) is 5.62. The van der Waals surface area contributed by atoms with E-state index in [9.17, 15) is 14.4 Å². The Morgan fingerprint density at radius 2 is 1.66 bits per heavy atom. The second-order valence-electron chi connectivity index (χ2n) is 8.67. The minimum atomic E-state index is -0.496. The topological polar surface area (TPSA) is 60.9 Å². The van der Waals surface area contributed by atoms with Gasteiger partial charge in [0.15, 0.2) is 0 Å². The summed E-state index contributed by atoms with van der Waals surface area (Å²) in [6.45, 7) is 7.41. The lowest BCUT2D eigenvalue weighted by molar-refractivity contribution is -0.141. The average Bonchev–Trinajstić information content (AvgIpc) is 3.21. The number of carbonyl (C=O) groups excluding carboxylic acids is 3. The normalized spacial score (nSPS) is 26.0. The first-order valence-electron chi connectivity index (χ1n) is 10.4. The Hall–Kier alpha value is -2.08. The number of amides is 3. The van der Waals surface area contributed by atoms with Crippen LogP contribution in [0.4, 0.5) is 0 Å². The molecule has 1 aromatic carbocycles. The molecule has 3 heterocycles. The van der Waals surface area contributed by atoms with Crippen LogP contribution in [0, 0.1) is 10.8 Å². The van der Waals surface area contributed by atoms with Crippen molar-refractivity contribution in [2.45, 2.75) is 33.1 Å². The van der Waals surface area contributed by atoms with Crippen LogP contribution in [0.3, 0.4) is 0 Å². The molecule has 0 N–H and O–H groups in total. The fraction of sp³-hybridized carbons (Fsp3) is 0.591. The van der Waals surface area contributed by atoms with Gasteiger partial charge in [0.2, 0.25) is 11.8 Å². The summed E-state index contributed by atoms with van der Waals surface area (Å²) in [4.78, 5) is 44.1. The summed E-state index contributed by atoms with van der Waals surface area (Å²) < 4.78 is 0. The SMILES string of the molecule is CCN1CC[C@@]2(CN(C(C)=O)CC23CCN(C(=O)c2ccc(Cl)cc2)CC3)C1=O. The molecule has 0 saturated carbocycles. The van der Waals surface area contributed by atoms with Crippen molar-refractivity contribution in [2.24, 2.45) is 10.8 Å². The highest BCUT2D eigenvalue weighted by Gasteiger charge is 2.65. The molecule has 3 amide bonds. The molecule has 0 aromatic heterocycles. The maximum atomic E-state index is 13.4. The van der Waals surface area contributed by atoms with Gasteiger partial charge in [0.1, 0.15) is 0 Å². The molecular formula is C22H28ClN3O3. The molecule has 3 aliphatic rings. The lowest BCUT2D eigenvalue weighted by Crippen LogP contribution is -2.53. The van der Waals surface area contributed by atoms with Gasteiger partial charge in [0.05, 0.1) is 5.41 Å². The summed E-state index contributed by atoms with van der Waals surface area (Å²) in [5, 5.41) is 0.608.